The summed E-state index contributed by atoms with van der Waals surface area (Å²) in [7, 11) is 2.21. The zero-order valence-corrected chi connectivity index (χ0v) is 24.0. The first kappa shape index (κ1) is 25.9. The van der Waals surface area contributed by atoms with E-state index >= 15 is 0 Å². The SMILES string of the molecule is Cc1cc(C)c2oc(Nc3ccc(-c4nn(C5CCC(N6CCN(C)CC6)CC5)c5ncnc(N)c45)cc3)nc2c1. The number of rotatable bonds is 5. The van der Waals surface area contributed by atoms with E-state index in [9.17, 15) is 0 Å². The number of oxazole rings is 1. The van der Waals surface area contributed by atoms with Crippen molar-refractivity contribution in [1.29, 1.82) is 0 Å². The van der Waals surface area contributed by atoms with Crippen LogP contribution in [0.4, 0.5) is 17.5 Å². The monoisotopic (exact) mass is 551 g/mol. The predicted octanol–water partition coefficient (Wildman–Crippen LogP) is 5.31. The second-order valence-electron chi connectivity index (χ2n) is 11.7. The highest BCUT2D eigenvalue weighted by Crippen LogP contribution is 2.37. The lowest BCUT2D eigenvalue weighted by atomic mass is 9.90. The summed E-state index contributed by atoms with van der Waals surface area (Å²) in [5.41, 5.74) is 13.8. The number of hydrogen-bond acceptors (Lipinski definition) is 9. The summed E-state index contributed by atoms with van der Waals surface area (Å²) in [5, 5.41) is 9.23. The summed E-state index contributed by atoms with van der Waals surface area (Å²) >= 11 is 0. The fraction of sp³-hybridized carbons (Fsp3) is 0.419. The largest absolute Gasteiger partial charge is 0.423 e. The lowest BCUT2D eigenvalue weighted by Crippen LogP contribution is -2.49. The maximum Gasteiger partial charge on any atom is 0.300 e. The van der Waals surface area contributed by atoms with Gasteiger partial charge in [-0.3, -0.25) is 4.90 Å². The molecule has 2 fully saturated rings. The van der Waals surface area contributed by atoms with Crippen molar-refractivity contribution < 1.29 is 4.42 Å². The lowest BCUT2D eigenvalue weighted by molar-refractivity contribution is 0.0815. The number of anilines is 3. The van der Waals surface area contributed by atoms with Crippen molar-refractivity contribution >= 4 is 39.7 Å². The van der Waals surface area contributed by atoms with E-state index in [2.05, 4.69) is 54.8 Å². The van der Waals surface area contributed by atoms with Crippen LogP contribution in [0.2, 0.25) is 0 Å². The highest BCUT2D eigenvalue weighted by molar-refractivity contribution is 5.98. The standard InChI is InChI=1S/C31H37N9O/c1-19-16-20(2)28-25(17-19)36-31(41-28)35-22-6-4-21(5-7-22)27-26-29(32)33-18-34-30(26)40(37-27)24-10-8-23(9-11-24)39-14-12-38(3)13-15-39/h4-7,16-18,23-24H,8-15H2,1-3H3,(H,35,36)(H2,32,33,34). The molecule has 0 unspecified atom stereocenters. The Morgan fingerprint density at radius 1 is 0.927 bits per heavy atom. The van der Waals surface area contributed by atoms with Crippen molar-refractivity contribution in [2.45, 2.75) is 51.6 Å². The van der Waals surface area contributed by atoms with E-state index in [1.807, 2.05) is 37.3 Å². The van der Waals surface area contributed by atoms with Crippen LogP contribution in [0.3, 0.4) is 0 Å². The Hall–Kier alpha value is -4.02. The van der Waals surface area contributed by atoms with Crippen LogP contribution < -0.4 is 11.1 Å². The van der Waals surface area contributed by atoms with Gasteiger partial charge in [0, 0.05) is 43.5 Å². The minimum Gasteiger partial charge on any atom is -0.423 e. The quantitative estimate of drug-likeness (QED) is 0.300. The molecule has 1 saturated heterocycles. The fourth-order valence-electron chi connectivity index (χ4n) is 6.57. The van der Waals surface area contributed by atoms with Crippen LogP contribution in [-0.2, 0) is 0 Å². The van der Waals surface area contributed by atoms with E-state index in [-0.39, 0.29) is 0 Å². The average molecular weight is 552 g/mol. The van der Waals surface area contributed by atoms with Gasteiger partial charge in [-0.25, -0.2) is 14.6 Å². The van der Waals surface area contributed by atoms with E-state index < -0.39 is 0 Å². The van der Waals surface area contributed by atoms with Crippen LogP contribution >= 0.6 is 0 Å². The number of benzene rings is 2. The maximum atomic E-state index is 6.41. The molecule has 41 heavy (non-hydrogen) atoms. The van der Waals surface area contributed by atoms with Crippen molar-refractivity contribution in [1.82, 2.24) is 34.5 Å². The van der Waals surface area contributed by atoms with E-state index in [0.29, 0.717) is 23.9 Å². The Kier molecular flexibility index (Phi) is 6.59. The average Bonchev–Trinajstić information content (AvgIpc) is 3.56. The number of nitrogens with one attached hydrogen (secondary N) is 1. The van der Waals surface area contributed by atoms with Gasteiger partial charge in [0.25, 0.3) is 6.01 Å². The molecule has 1 saturated carbocycles. The van der Waals surface area contributed by atoms with Crippen molar-refractivity contribution in [3.05, 3.63) is 53.9 Å². The number of piperazine rings is 1. The summed E-state index contributed by atoms with van der Waals surface area (Å²) in [4.78, 5) is 18.7. The number of nitrogen functional groups attached to an aromatic ring is 1. The molecule has 1 aliphatic heterocycles. The Labute approximate surface area is 239 Å². The zero-order valence-electron chi connectivity index (χ0n) is 24.0. The van der Waals surface area contributed by atoms with Gasteiger partial charge < -0.3 is 20.4 Å². The van der Waals surface area contributed by atoms with Crippen molar-refractivity contribution in [2.75, 3.05) is 44.3 Å². The van der Waals surface area contributed by atoms with Gasteiger partial charge in [0.1, 0.15) is 23.4 Å². The summed E-state index contributed by atoms with van der Waals surface area (Å²) in [6.45, 7) is 8.76. The highest BCUT2D eigenvalue weighted by Gasteiger charge is 2.30. The van der Waals surface area contributed by atoms with Gasteiger partial charge in [0.15, 0.2) is 11.2 Å². The summed E-state index contributed by atoms with van der Waals surface area (Å²) in [6, 6.07) is 13.7. The number of nitrogens with two attached hydrogens (primary N) is 1. The second kappa shape index (κ2) is 10.4. The van der Waals surface area contributed by atoms with Gasteiger partial charge >= 0.3 is 0 Å². The second-order valence-corrected chi connectivity index (χ2v) is 11.7. The van der Waals surface area contributed by atoms with Crippen LogP contribution in [0.25, 0.3) is 33.4 Å². The van der Waals surface area contributed by atoms with Crippen molar-refractivity contribution in [3.63, 3.8) is 0 Å². The number of fused-ring (bicyclic) bond motifs is 2. The van der Waals surface area contributed by atoms with E-state index in [4.69, 9.17) is 15.2 Å². The summed E-state index contributed by atoms with van der Waals surface area (Å²) < 4.78 is 8.10. The van der Waals surface area contributed by atoms with Gasteiger partial charge in [-0.2, -0.15) is 10.1 Å². The highest BCUT2D eigenvalue weighted by atomic mass is 16.4. The maximum absolute atomic E-state index is 6.41. The Morgan fingerprint density at radius 3 is 2.41 bits per heavy atom. The molecular formula is C31H37N9O. The molecule has 5 aromatic rings. The van der Waals surface area contributed by atoms with Crippen LogP contribution in [0, 0.1) is 13.8 Å². The first-order valence-electron chi connectivity index (χ1n) is 14.6. The number of aromatic nitrogens is 5. The van der Waals surface area contributed by atoms with Crippen LogP contribution in [0.5, 0.6) is 0 Å². The molecule has 0 amide bonds. The molecule has 10 nitrogen and oxygen atoms in total. The molecule has 2 aromatic carbocycles. The molecule has 3 N–H and O–H groups in total. The Morgan fingerprint density at radius 2 is 1.66 bits per heavy atom. The molecule has 0 atom stereocenters. The van der Waals surface area contributed by atoms with E-state index in [1.165, 1.54) is 25.9 Å². The van der Waals surface area contributed by atoms with Crippen molar-refractivity contribution in [3.8, 4) is 11.3 Å². The number of likely N-dealkylation sites (N-methyl/N-ethyl adjacent to an activating group) is 1. The molecule has 0 radical (unpaired) electrons. The molecule has 0 spiro atoms. The number of aryl methyl sites for hydroxylation is 2. The minimum absolute atomic E-state index is 0.302. The molecule has 1 aliphatic carbocycles. The molecular weight excluding hydrogens is 514 g/mol. The first-order valence-corrected chi connectivity index (χ1v) is 14.6. The molecule has 7 rings (SSSR count). The molecule has 2 aliphatic rings. The van der Waals surface area contributed by atoms with Gasteiger partial charge in [-0.15, -0.1) is 0 Å². The van der Waals surface area contributed by atoms with Gasteiger partial charge in [-0.1, -0.05) is 18.2 Å². The lowest BCUT2D eigenvalue weighted by Gasteiger charge is -2.41. The van der Waals surface area contributed by atoms with Crippen LogP contribution in [-0.4, -0.2) is 73.8 Å². The number of hydrogen-bond donors (Lipinski definition) is 2. The predicted molar refractivity (Wildman–Crippen MR) is 162 cm³/mol. The third kappa shape index (κ3) is 4.91. The smallest absolute Gasteiger partial charge is 0.300 e. The molecule has 10 heteroatoms. The minimum atomic E-state index is 0.302. The fourth-order valence-corrected chi connectivity index (χ4v) is 6.57. The molecule has 3 aromatic heterocycles. The third-order valence-electron chi connectivity index (χ3n) is 8.81. The molecule has 0 bridgehead atoms. The Bertz CT molecular complexity index is 1690. The van der Waals surface area contributed by atoms with E-state index in [1.54, 1.807) is 6.33 Å². The third-order valence-corrected chi connectivity index (χ3v) is 8.81. The van der Waals surface area contributed by atoms with Crippen LogP contribution in [0.15, 0.2) is 47.1 Å². The summed E-state index contributed by atoms with van der Waals surface area (Å²) in [5.74, 6) is 0.460. The topological polar surface area (TPSA) is 114 Å². The summed E-state index contributed by atoms with van der Waals surface area (Å²) in [6.07, 6.45) is 6.08. The Balaban J connectivity index is 1.12. The van der Waals surface area contributed by atoms with Gasteiger partial charge in [0.05, 0.1) is 11.4 Å². The van der Waals surface area contributed by atoms with E-state index in [0.717, 1.165) is 76.1 Å². The number of nitrogens with zero attached hydrogens (tertiary/aromatic N) is 7. The van der Waals surface area contributed by atoms with Gasteiger partial charge in [0.2, 0.25) is 0 Å². The zero-order chi connectivity index (χ0) is 28.1. The first-order chi connectivity index (χ1) is 19.9. The van der Waals surface area contributed by atoms with Gasteiger partial charge in [-0.05, 0) is 75.9 Å². The molecule has 212 valence electrons. The molecule has 4 heterocycles. The van der Waals surface area contributed by atoms with Crippen LogP contribution in [0.1, 0.15) is 42.9 Å². The normalized spacial score (nSPS) is 20.7. The van der Waals surface area contributed by atoms with Crippen molar-refractivity contribution in [2.24, 2.45) is 0 Å².